The first-order valence-corrected chi connectivity index (χ1v) is 8.42. The number of halogens is 3. The predicted octanol–water partition coefficient (Wildman–Crippen LogP) is 2.78. The van der Waals surface area contributed by atoms with Crippen LogP contribution in [0.25, 0.3) is 0 Å². The SMILES string of the molecule is CCOCC1CN(Cc2ccco2)Cc2nccn2C1.O=C(O)C(F)(F)F. The van der Waals surface area contributed by atoms with E-state index in [1.165, 1.54) is 0 Å². The molecule has 0 saturated carbocycles. The topological polar surface area (TPSA) is 80.7 Å². The number of carboxylic acid groups (broad SMARTS) is 1. The molecule has 0 bridgehead atoms. The predicted molar refractivity (Wildman–Crippen MR) is 88.7 cm³/mol. The highest BCUT2D eigenvalue weighted by Crippen LogP contribution is 2.18. The summed E-state index contributed by atoms with van der Waals surface area (Å²) in [7, 11) is 0. The van der Waals surface area contributed by atoms with Gasteiger partial charge < -0.3 is 18.8 Å². The summed E-state index contributed by atoms with van der Waals surface area (Å²) < 4.78 is 45.1. The molecule has 0 amide bonds. The van der Waals surface area contributed by atoms with Crippen molar-refractivity contribution in [3.8, 4) is 0 Å². The smallest absolute Gasteiger partial charge is 0.475 e. The number of rotatable bonds is 5. The van der Waals surface area contributed by atoms with Crippen LogP contribution in [-0.2, 0) is 29.2 Å². The van der Waals surface area contributed by atoms with Crippen LogP contribution in [0.3, 0.4) is 0 Å². The summed E-state index contributed by atoms with van der Waals surface area (Å²) in [4.78, 5) is 15.7. The highest BCUT2D eigenvalue weighted by Gasteiger charge is 2.38. The molecule has 3 rings (SSSR count). The van der Waals surface area contributed by atoms with Gasteiger partial charge in [0.2, 0.25) is 0 Å². The van der Waals surface area contributed by atoms with Crippen molar-refractivity contribution in [2.24, 2.45) is 5.92 Å². The van der Waals surface area contributed by atoms with Crippen molar-refractivity contribution in [1.82, 2.24) is 14.5 Å². The van der Waals surface area contributed by atoms with E-state index in [2.05, 4.69) is 20.6 Å². The minimum absolute atomic E-state index is 0.486. The second kappa shape index (κ2) is 9.56. The van der Waals surface area contributed by atoms with Crippen LogP contribution in [0.4, 0.5) is 13.2 Å². The van der Waals surface area contributed by atoms with Gasteiger partial charge in [-0.3, -0.25) is 4.90 Å². The van der Waals surface area contributed by atoms with Crippen LogP contribution in [0.15, 0.2) is 35.2 Å². The maximum absolute atomic E-state index is 10.6. The Labute approximate surface area is 154 Å². The number of nitrogens with zero attached hydrogens (tertiary/aromatic N) is 3. The number of hydrogen-bond acceptors (Lipinski definition) is 5. The molecule has 0 aromatic carbocycles. The quantitative estimate of drug-likeness (QED) is 0.847. The fraction of sp³-hybridized carbons (Fsp3) is 0.529. The molecule has 0 aliphatic carbocycles. The Balaban J connectivity index is 0.000000321. The molecule has 1 unspecified atom stereocenters. The minimum Gasteiger partial charge on any atom is -0.475 e. The van der Waals surface area contributed by atoms with E-state index >= 15 is 0 Å². The van der Waals surface area contributed by atoms with Gasteiger partial charge in [-0.1, -0.05) is 0 Å². The van der Waals surface area contributed by atoms with Crippen molar-refractivity contribution >= 4 is 5.97 Å². The maximum atomic E-state index is 10.6. The number of furan rings is 1. The molecule has 1 aliphatic heterocycles. The average Bonchev–Trinajstić information content (AvgIpc) is 3.22. The van der Waals surface area contributed by atoms with Crippen molar-refractivity contribution in [3.63, 3.8) is 0 Å². The molecule has 1 N–H and O–H groups in total. The van der Waals surface area contributed by atoms with Crippen LogP contribution in [0, 0.1) is 5.92 Å². The summed E-state index contributed by atoms with van der Waals surface area (Å²) in [5.41, 5.74) is 0. The Kier molecular flexibility index (Phi) is 7.43. The lowest BCUT2D eigenvalue weighted by Gasteiger charge is -2.22. The van der Waals surface area contributed by atoms with Gasteiger partial charge in [0.25, 0.3) is 0 Å². The Morgan fingerprint density at radius 3 is 2.78 bits per heavy atom. The fourth-order valence-electron chi connectivity index (χ4n) is 2.76. The molecule has 150 valence electrons. The van der Waals surface area contributed by atoms with Crippen LogP contribution >= 0.6 is 0 Å². The Morgan fingerprint density at radius 2 is 2.19 bits per heavy atom. The summed E-state index contributed by atoms with van der Waals surface area (Å²) in [5.74, 6) is -0.149. The number of carboxylic acids is 1. The first-order valence-electron chi connectivity index (χ1n) is 8.42. The second-order valence-electron chi connectivity index (χ2n) is 6.07. The first-order chi connectivity index (χ1) is 12.8. The van der Waals surface area contributed by atoms with Gasteiger partial charge in [0.15, 0.2) is 0 Å². The van der Waals surface area contributed by atoms with Crippen molar-refractivity contribution < 1.29 is 32.2 Å². The molecule has 2 aromatic heterocycles. The van der Waals surface area contributed by atoms with Gasteiger partial charge in [0, 0.05) is 38.0 Å². The summed E-state index contributed by atoms with van der Waals surface area (Å²) in [6, 6.07) is 3.96. The van der Waals surface area contributed by atoms with Gasteiger partial charge in [-0.15, -0.1) is 0 Å². The number of aliphatic carboxylic acids is 1. The second-order valence-corrected chi connectivity index (χ2v) is 6.07. The number of fused-ring (bicyclic) bond motifs is 1. The van der Waals surface area contributed by atoms with Crippen LogP contribution in [0.1, 0.15) is 18.5 Å². The molecule has 1 atom stereocenters. The molecule has 2 aromatic rings. The largest absolute Gasteiger partial charge is 0.490 e. The van der Waals surface area contributed by atoms with E-state index in [1.54, 1.807) is 6.26 Å². The monoisotopic (exact) mass is 389 g/mol. The van der Waals surface area contributed by atoms with Crippen LogP contribution in [-0.4, -0.2) is 51.5 Å². The van der Waals surface area contributed by atoms with Crippen LogP contribution in [0.2, 0.25) is 0 Å². The molecular formula is C17H22F3N3O4. The molecule has 0 fully saturated rings. The summed E-state index contributed by atoms with van der Waals surface area (Å²) >= 11 is 0. The third kappa shape index (κ3) is 6.72. The van der Waals surface area contributed by atoms with E-state index in [1.807, 2.05) is 25.3 Å². The number of aromatic nitrogens is 2. The van der Waals surface area contributed by atoms with E-state index < -0.39 is 12.1 Å². The van der Waals surface area contributed by atoms with Crippen LogP contribution in [0.5, 0.6) is 0 Å². The molecule has 27 heavy (non-hydrogen) atoms. The molecule has 7 nitrogen and oxygen atoms in total. The Hall–Kier alpha value is -2.33. The normalized spacial score (nSPS) is 17.6. The zero-order valence-corrected chi connectivity index (χ0v) is 14.9. The van der Waals surface area contributed by atoms with E-state index in [4.69, 9.17) is 19.1 Å². The highest BCUT2D eigenvalue weighted by molar-refractivity contribution is 5.73. The van der Waals surface area contributed by atoms with Crippen molar-refractivity contribution in [3.05, 3.63) is 42.4 Å². The van der Waals surface area contributed by atoms with Gasteiger partial charge in [0.1, 0.15) is 11.6 Å². The van der Waals surface area contributed by atoms with Gasteiger partial charge in [-0.05, 0) is 19.1 Å². The van der Waals surface area contributed by atoms with Crippen molar-refractivity contribution in [2.75, 3.05) is 19.8 Å². The van der Waals surface area contributed by atoms with Gasteiger partial charge in [-0.2, -0.15) is 13.2 Å². The molecular weight excluding hydrogens is 367 g/mol. The fourth-order valence-corrected chi connectivity index (χ4v) is 2.76. The number of ether oxygens (including phenoxy) is 1. The Morgan fingerprint density at radius 1 is 1.44 bits per heavy atom. The van der Waals surface area contributed by atoms with Gasteiger partial charge >= 0.3 is 12.1 Å². The molecule has 0 radical (unpaired) electrons. The molecule has 0 spiro atoms. The summed E-state index contributed by atoms with van der Waals surface area (Å²) in [5, 5.41) is 7.12. The zero-order chi connectivity index (χ0) is 19.9. The lowest BCUT2D eigenvalue weighted by molar-refractivity contribution is -0.192. The maximum Gasteiger partial charge on any atom is 0.490 e. The standard InChI is InChI=1S/C15H21N3O2.C2HF3O2/c1-2-19-12-13-8-17(10-14-4-3-7-20-14)11-15-16-5-6-18(15)9-13;3-2(4,5)1(6)7/h3-7,13H,2,8-12H2,1H3;(H,6,7). The summed E-state index contributed by atoms with van der Waals surface area (Å²) in [6.07, 6.45) is 0.583. The number of carbonyl (C=O) groups is 1. The lowest BCUT2D eigenvalue weighted by atomic mass is 10.1. The van der Waals surface area contributed by atoms with Gasteiger partial charge in [0.05, 0.1) is 26.0 Å². The van der Waals surface area contributed by atoms with Crippen molar-refractivity contribution in [1.29, 1.82) is 0 Å². The molecule has 1 aliphatic rings. The molecule has 0 saturated heterocycles. The average molecular weight is 389 g/mol. The third-order valence-electron chi connectivity index (χ3n) is 3.90. The lowest BCUT2D eigenvalue weighted by Crippen LogP contribution is -2.30. The van der Waals surface area contributed by atoms with E-state index in [9.17, 15) is 13.2 Å². The van der Waals surface area contributed by atoms with E-state index in [-0.39, 0.29) is 0 Å². The van der Waals surface area contributed by atoms with Crippen molar-refractivity contribution in [2.45, 2.75) is 32.7 Å². The Bertz CT molecular complexity index is 701. The molecule has 3 heterocycles. The number of alkyl halides is 3. The highest BCUT2D eigenvalue weighted by atomic mass is 19.4. The third-order valence-corrected chi connectivity index (χ3v) is 3.90. The van der Waals surface area contributed by atoms with E-state index in [0.29, 0.717) is 5.92 Å². The van der Waals surface area contributed by atoms with Crippen LogP contribution < -0.4 is 0 Å². The first kappa shape index (κ1) is 21.0. The van der Waals surface area contributed by atoms with E-state index in [0.717, 1.165) is 51.0 Å². The summed E-state index contributed by atoms with van der Waals surface area (Å²) in [6.45, 7) is 7.26. The number of hydrogen-bond donors (Lipinski definition) is 1. The molecule has 10 heteroatoms. The zero-order valence-electron chi connectivity index (χ0n) is 14.9. The van der Waals surface area contributed by atoms with Gasteiger partial charge in [-0.25, -0.2) is 9.78 Å². The number of imidazole rings is 1. The minimum atomic E-state index is -5.08.